The first-order chi connectivity index (χ1) is 9.22. The third kappa shape index (κ3) is 3.96. The third-order valence-electron chi connectivity index (χ3n) is 4.02. The van der Waals surface area contributed by atoms with Crippen LogP contribution in [0.4, 0.5) is 5.69 Å². The van der Waals surface area contributed by atoms with E-state index < -0.39 is 0 Å². The van der Waals surface area contributed by atoms with E-state index in [9.17, 15) is 0 Å². The lowest BCUT2D eigenvalue weighted by molar-refractivity contribution is 0.651. The second-order valence-corrected chi connectivity index (χ2v) is 6.37. The Hall–Kier alpha value is -0.540. The molecule has 0 atom stereocenters. The van der Waals surface area contributed by atoms with Crippen LogP contribution in [-0.4, -0.2) is 19.6 Å². The molecule has 1 aromatic rings. The van der Waals surface area contributed by atoms with E-state index in [1.165, 1.54) is 47.8 Å². The minimum Gasteiger partial charge on any atom is -0.371 e. The first kappa shape index (κ1) is 14.9. The van der Waals surface area contributed by atoms with Gasteiger partial charge in [0, 0.05) is 24.1 Å². The van der Waals surface area contributed by atoms with Crippen molar-refractivity contribution >= 4 is 21.6 Å². The summed E-state index contributed by atoms with van der Waals surface area (Å²) in [5, 5.41) is 3.45. The van der Waals surface area contributed by atoms with E-state index in [0.717, 1.165) is 19.1 Å². The quantitative estimate of drug-likeness (QED) is 0.783. The highest BCUT2D eigenvalue weighted by Gasteiger charge is 2.21. The Bertz CT molecular complexity index is 400. The molecule has 106 valence electrons. The maximum absolute atomic E-state index is 3.73. The van der Waals surface area contributed by atoms with Crippen LogP contribution in [0.1, 0.15) is 44.6 Å². The van der Waals surface area contributed by atoms with Gasteiger partial charge in [-0.25, -0.2) is 0 Å². The summed E-state index contributed by atoms with van der Waals surface area (Å²) in [5.41, 5.74) is 2.68. The average Bonchev–Trinajstić information content (AvgIpc) is 2.92. The topological polar surface area (TPSA) is 15.3 Å². The van der Waals surface area contributed by atoms with Gasteiger partial charge in [-0.2, -0.15) is 0 Å². The zero-order chi connectivity index (χ0) is 13.7. The average molecular weight is 325 g/mol. The monoisotopic (exact) mass is 324 g/mol. The van der Waals surface area contributed by atoms with Gasteiger partial charge in [-0.05, 0) is 59.4 Å². The zero-order valence-electron chi connectivity index (χ0n) is 12.1. The van der Waals surface area contributed by atoms with Crippen molar-refractivity contribution in [1.29, 1.82) is 0 Å². The molecule has 0 spiro atoms. The maximum Gasteiger partial charge on any atom is 0.0510 e. The minimum atomic E-state index is 0.723. The van der Waals surface area contributed by atoms with E-state index in [-0.39, 0.29) is 0 Å². The molecule has 0 aliphatic heterocycles. The number of benzene rings is 1. The van der Waals surface area contributed by atoms with Crippen LogP contribution < -0.4 is 10.2 Å². The van der Waals surface area contributed by atoms with Gasteiger partial charge in [0.15, 0.2) is 0 Å². The Morgan fingerprint density at radius 3 is 2.68 bits per heavy atom. The molecule has 1 N–H and O–H groups in total. The van der Waals surface area contributed by atoms with Gasteiger partial charge >= 0.3 is 0 Å². The Labute approximate surface area is 125 Å². The molecule has 0 amide bonds. The molecular weight excluding hydrogens is 300 g/mol. The van der Waals surface area contributed by atoms with Crippen molar-refractivity contribution in [3.8, 4) is 0 Å². The number of hydrogen-bond donors (Lipinski definition) is 1. The van der Waals surface area contributed by atoms with Crippen LogP contribution in [0.15, 0.2) is 22.7 Å². The summed E-state index contributed by atoms with van der Waals surface area (Å²) in [4.78, 5) is 2.44. The Morgan fingerprint density at radius 2 is 2.05 bits per heavy atom. The molecule has 3 heteroatoms. The Balaban J connectivity index is 2.01. The lowest BCUT2D eigenvalue weighted by Gasteiger charge is -2.27. The fourth-order valence-corrected chi connectivity index (χ4v) is 3.55. The largest absolute Gasteiger partial charge is 0.371 e. The lowest BCUT2D eigenvalue weighted by Crippen LogP contribution is -2.29. The van der Waals surface area contributed by atoms with Gasteiger partial charge in [0.25, 0.3) is 0 Å². The molecule has 0 radical (unpaired) electrons. The molecule has 1 aliphatic carbocycles. The van der Waals surface area contributed by atoms with Crippen LogP contribution in [0.2, 0.25) is 0 Å². The van der Waals surface area contributed by atoms with Gasteiger partial charge in [0.1, 0.15) is 0 Å². The SMILES string of the molecule is CCCNCc1ccc(N(C)C2CCCC2)c(Br)c1. The number of nitrogens with one attached hydrogen (secondary N) is 1. The summed E-state index contributed by atoms with van der Waals surface area (Å²) in [7, 11) is 2.23. The molecule has 1 fully saturated rings. The number of halogens is 1. The highest BCUT2D eigenvalue weighted by Crippen LogP contribution is 2.32. The van der Waals surface area contributed by atoms with Crippen LogP contribution in [0, 0.1) is 0 Å². The zero-order valence-corrected chi connectivity index (χ0v) is 13.7. The number of nitrogens with zero attached hydrogens (tertiary/aromatic N) is 1. The summed E-state index contributed by atoms with van der Waals surface area (Å²) in [6, 6.07) is 7.48. The molecule has 0 aromatic heterocycles. The van der Waals surface area contributed by atoms with Crippen molar-refractivity contribution < 1.29 is 0 Å². The number of hydrogen-bond acceptors (Lipinski definition) is 2. The van der Waals surface area contributed by atoms with E-state index in [1.807, 2.05) is 0 Å². The van der Waals surface area contributed by atoms with Crippen LogP contribution >= 0.6 is 15.9 Å². The van der Waals surface area contributed by atoms with E-state index >= 15 is 0 Å². The van der Waals surface area contributed by atoms with Crippen molar-refractivity contribution in [3.63, 3.8) is 0 Å². The van der Waals surface area contributed by atoms with E-state index in [0.29, 0.717) is 0 Å². The first-order valence-electron chi connectivity index (χ1n) is 7.44. The summed E-state index contributed by atoms with van der Waals surface area (Å²) < 4.78 is 1.22. The summed E-state index contributed by atoms with van der Waals surface area (Å²) in [6.07, 6.45) is 6.62. The van der Waals surface area contributed by atoms with E-state index in [4.69, 9.17) is 0 Å². The van der Waals surface area contributed by atoms with Crippen molar-refractivity contribution in [3.05, 3.63) is 28.2 Å². The highest BCUT2D eigenvalue weighted by atomic mass is 79.9. The second-order valence-electron chi connectivity index (χ2n) is 5.51. The van der Waals surface area contributed by atoms with Gasteiger partial charge in [-0.3, -0.25) is 0 Å². The molecule has 19 heavy (non-hydrogen) atoms. The van der Waals surface area contributed by atoms with Crippen molar-refractivity contribution in [2.45, 2.75) is 51.6 Å². The first-order valence-corrected chi connectivity index (χ1v) is 8.23. The molecule has 0 unspecified atom stereocenters. The Kier molecular flexibility index (Phi) is 5.71. The fraction of sp³-hybridized carbons (Fsp3) is 0.625. The van der Waals surface area contributed by atoms with Crippen LogP contribution in [0.3, 0.4) is 0 Å². The molecule has 0 bridgehead atoms. The van der Waals surface area contributed by atoms with Gasteiger partial charge in [-0.1, -0.05) is 25.8 Å². The number of rotatable bonds is 6. The molecule has 2 rings (SSSR count). The molecule has 1 aliphatic rings. The fourth-order valence-electron chi connectivity index (χ4n) is 2.84. The van der Waals surface area contributed by atoms with Crippen LogP contribution in [0.25, 0.3) is 0 Å². The number of anilines is 1. The summed E-state index contributed by atoms with van der Waals surface area (Å²) >= 11 is 3.73. The molecule has 0 heterocycles. The van der Waals surface area contributed by atoms with E-state index in [1.54, 1.807) is 0 Å². The maximum atomic E-state index is 3.73. The lowest BCUT2D eigenvalue weighted by atomic mass is 10.1. The summed E-state index contributed by atoms with van der Waals surface area (Å²) in [6.45, 7) is 4.24. The molecule has 0 saturated heterocycles. The van der Waals surface area contributed by atoms with Gasteiger partial charge in [0.05, 0.1) is 5.69 Å². The van der Waals surface area contributed by atoms with Crippen LogP contribution in [0.5, 0.6) is 0 Å². The smallest absolute Gasteiger partial charge is 0.0510 e. The second kappa shape index (κ2) is 7.30. The normalized spacial score (nSPS) is 15.9. The standard InChI is InChI=1S/C16H25BrN2/c1-3-10-18-12-13-8-9-16(15(17)11-13)19(2)14-6-4-5-7-14/h8-9,11,14,18H,3-7,10,12H2,1-2H3. The van der Waals surface area contributed by atoms with Gasteiger partial charge in [0.2, 0.25) is 0 Å². The predicted octanol–water partition coefficient (Wildman–Crippen LogP) is 4.33. The molecule has 2 nitrogen and oxygen atoms in total. The van der Waals surface area contributed by atoms with Crippen molar-refractivity contribution in [2.75, 3.05) is 18.5 Å². The molecule has 1 saturated carbocycles. The highest BCUT2D eigenvalue weighted by molar-refractivity contribution is 9.10. The Morgan fingerprint density at radius 1 is 1.32 bits per heavy atom. The molecule has 1 aromatic carbocycles. The van der Waals surface area contributed by atoms with Crippen molar-refractivity contribution in [1.82, 2.24) is 5.32 Å². The van der Waals surface area contributed by atoms with Crippen LogP contribution in [-0.2, 0) is 6.54 Å². The van der Waals surface area contributed by atoms with Gasteiger partial charge in [-0.15, -0.1) is 0 Å². The minimum absolute atomic E-state index is 0.723. The summed E-state index contributed by atoms with van der Waals surface area (Å²) in [5.74, 6) is 0. The van der Waals surface area contributed by atoms with E-state index in [2.05, 4.69) is 58.3 Å². The third-order valence-corrected chi connectivity index (χ3v) is 4.66. The van der Waals surface area contributed by atoms with Gasteiger partial charge < -0.3 is 10.2 Å². The molecular formula is C16H25BrN2. The van der Waals surface area contributed by atoms with Crippen molar-refractivity contribution in [2.24, 2.45) is 0 Å². The predicted molar refractivity (Wildman–Crippen MR) is 86.8 cm³/mol.